The van der Waals surface area contributed by atoms with Gasteiger partial charge in [-0.2, -0.15) is 0 Å². The van der Waals surface area contributed by atoms with Gasteiger partial charge in [-0.15, -0.1) is 11.3 Å². The van der Waals surface area contributed by atoms with Gasteiger partial charge in [0.1, 0.15) is 16.5 Å². The highest BCUT2D eigenvalue weighted by molar-refractivity contribution is 7.15. The van der Waals surface area contributed by atoms with Gasteiger partial charge in [0, 0.05) is 17.6 Å². The van der Waals surface area contributed by atoms with Crippen LogP contribution in [0.4, 0.5) is 0 Å². The molecule has 18 heavy (non-hydrogen) atoms. The lowest BCUT2D eigenvalue weighted by atomic mass is 10.2. The number of aromatic nitrogens is 1. The van der Waals surface area contributed by atoms with Gasteiger partial charge >= 0.3 is 0 Å². The summed E-state index contributed by atoms with van der Waals surface area (Å²) < 4.78 is 10.6. The fraction of sp³-hybridized carbons (Fsp3) is 0.308. The van der Waals surface area contributed by atoms with Crippen molar-refractivity contribution >= 4 is 11.3 Å². The van der Waals surface area contributed by atoms with Crippen LogP contribution in [0.25, 0.3) is 10.6 Å². The fourth-order valence-corrected chi connectivity index (χ4v) is 2.61. The van der Waals surface area contributed by atoms with Crippen LogP contribution in [0.2, 0.25) is 0 Å². The molecule has 0 bridgehead atoms. The van der Waals surface area contributed by atoms with Gasteiger partial charge in [0.05, 0.1) is 19.8 Å². The van der Waals surface area contributed by atoms with Crippen LogP contribution in [0.1, 0.15) is 4.88 Å². The molecule has 5 heteroatoms. The van der Waals surface area contributed by atoms with Gasteiger partial charge < -0.3 is 14.8 Å². The summed E-state index contributed by atoms with van der Waals surface area (Å²) in [5.41, 5.74) is 0.962. The van der Waals surface area contributed by atoms with Crippen molar-refractivity contribution in [1.29, 1.82) is 0 Å². The average molecular weight is 264 g/mol. The first kappa shape index (κ1) is 12.9. The van der Waals surface area contributed by atoms with Gasteiger partial charge in [-0.1, -0.05) is 0 Å². The molecule has 1 aromatic carbocycles. The Morgan fingerprint density at radius 1 is 1.28 bits per heavy atom. The van der Waals surface area contributed by atoms with Crippen LogP contribution in [0.3, 0.4) is 0 Å². The third kappa shape index (κ3) is 2.63. The Morgan fingerprint density at radius 3 is 2.78 bits per heavy atom. The summed E-state index contributed by atoms with van der Waals surface area (Å²) in [5.74, 6) is 1.61. The van der Waals surface area contributed by atoms with Crippen molar-refractivity contribution in [3.63, 3.8) is 0 Å². The molecule has 0 aliphatic heterocycles. The van der Waals surface area contributed by atoms with Crippen molar-refractivity contribution in [2.45, 2.75) is 6.54 Å². The Kier molecular flexibility index (Phi) is 4.17. The number of ether oxygens (including phenoxy) is 2. The molecule has 1 aromatic heterocycles. The summed E-state index contributed by atoms with van der Waals surface area (Å²) in [6, 6.07) is 5.72. The van der Waals surface area contributed by atoms with E-state index in [1.54, 1.807) is 25.6 Å². The van der Waals surface area contributed by atoms with Gasteiger partial charge in [-0.05, 0) is 25.2 Å². The van der Waals surface area contributed by atoms with Gasteiger partial charge in [-0.3, -0.25) is 0 Å². The van der Waals surface area contributed by atoms with Crippen molar-refractivity contribution in [3.8, 4) is 22.1 Å². The lowest BCUT2D eigenvalue weighted by molar-refractivity contribution is 0.404. The largest absolute Gasteiger partial charge is 0.497 e. The first-order chi connectivity index (χ1) is 8.78. The second-order valence-electron chi connectivity index (χ2n) is 3.73. The minimum absolute atomic E-state index is 0.802. The molecule has 0 saturated carbocycles. The fourth-order valence-electron chi connectivity index (χ4n) is 1.67. The van der Waals surface area contributed by atoms with Crippen molar-refractivity contribution < 1.29 is 9.47 Å². The molecule has 0 spiro atoms. The molecular weight excluding hydrogens is 248 g/mol. The van der Waals surface area contributed by atoms with Crippen molar-refractivity contribution in [3.05, 3.63) is 29.3 Å². The maximum atomic E-state index is 5.36. The van der Waals surface area contributed by atoms with Crippen LogP contribution in [0.5, 0.6) is 11.5 Å². The maximum Gasteiger partial charge on any atom is 0.129 e. The summed E-state index contributed by atoms with van der Waals surface area (Å²) >= 11 is 1.65. The zero-order chi connectivity index (χ0) is 13.0. The van der Waals surface area contributed by atoms with Crippen LogP contribution in [-0.2, 0) is 6.54 Å². The van der Waals surface area contributed by atoms with E-state index in [1.165, 1.54) is 4.88 Å². The van der Waals surface area contributed by atoms with E-state index in [4.69, 9.17) is 9.47 Å². The van der Waals surface area contributed by atoms with E-state index in [0.29, 0.717) is 0 Å². The molecule has 0 fully saturated rings. The number of nitrogens with zero attached hydrogens (tertiary/aromatic N) is 1. The molecule has 2 aromatic rings. The molecule has 0 unspecified atom stereocenters. The monoisotopic (exact) mass is 264 g/mol. The Morgan fingerprint density at radius 2 is 2.11 bits per heavy atom. The number of rotatable bonds is 5. The van der Waals surface area contributed by atoms with E-state index in [0.717, 1.165) is 28.6 Å². The first-order valence-corrected chi connectivity index (χ1v) is 6.42. The van der Waals surface area contributed by atoms with E-state index in [-0.39, 0.29) is 0 Å². The molecule has 0 aliphatic rings. The molecule has 96 valence electrons. The Balaban J connectivity index is 2.40. The molecule has 1 N–H and O–H groups in total. The molecule has 0 atom stereocenters. The van der Waals surface area contributed by atoms with E-state index in [2.05, 4.69) is 10.3 Å². The minimum Gasteiger partial charge on any atom is -0.497 e. The van der Waals surface area contributed by atoms with Gasteiger partial charge in [0.2, 0.25) is 0 Å². The molecule has 2 rings (SSSR count). The summed E-state index contributed by atoms with van der Waals surface area (Å²) in [5, 5.41) is 4.06. The third-order valence-electron chi connectivity index (χ3n) is 2.54. The van der Waals surface area contributed by atoms with Gasteiger partial charge in [0.15, 0.2) is 0 Å². The highest BCUT2D eigenvalue weighted by Gasteiger charge is 2.11. The van der Waals surface area contributed by atoms with Crippen LogP contribution < -0.4 is 14.8 Å². The van der Waals surface area contributed by atoms with Crippen LogP contribution in [0, 0.1) is 0 Å². The zero-order valence-electron chi connectivity index (χ0n) is 10.7. The topological polar surface area (TPSA) is 43.4 Å². The summed E-state index contributed by atoms with van der Waals surface area (Å²) in [6.45, 7) is 0.823. The lowest BCUT2D eigenvalue weighted by Gasteiger charge is -2.08. The van der Waals surface area contributed by atoms with E-state index >= 15 is 0 Å². The number of thiazole rings is 1. The maximum absolute atomic E-state index is 5.36. The highest BCUT2D eigenvalue weighted by atomic mass is 32.1. The van der Waals surface area contributed by atoms with Gasteiger partial charge in [-0.25, -0.2) is 4.98 Å². The number of nitrogens with one attached hydrogen (secondary N) is 1. The second kappa shape index (κ2) is 5.84. The third-order valence-corrected chi connectivity index (χ3v) is 3.57. The Hall–Kier alpha value is -1.59. The van der Waals surface area contributed by atoms with Crippen LogP contribution in [0.15, 0.2) is 24.4 Å². The first-order valence-electron chi connectivity index (χ1n) is 5.60. The Bertz CT molecular complexity index is 525. The highest BCUT2D eigenvalue weighted by Crippen LogP contribution is 2.35. The quantitative estimate of drug-likeness (QED) is 0.901. The number of methoxy groups -OCH3 is 2. The number of benzene rings is 1. The zero-order valence-corrected chi connectivity index (χ0v) is 11.5. The standard InChI is InChI=1S/C13H16N2O2S/c1-14-7-10-8-15-13(18-10)11-6-9(16-2)4-5-12(11)17-3/h4-6,8,14H,7H2,1-3H3. The minimum atomic E-state index is 0.802. The van der Waals surface area contributed by atoms with Crippen molar-refractivity contribution in [1.82, 2.24) is 10.3 Å². The SMILES string of the molecule is CNCc1cnc(-c2cc(OC)ccc2OC)s1. The predicted molar refractivity (Wildman–Crippen MR) is 73.4 cm³/mol. The normalized spacial score (nSPS) is 10.4. The number of hydrogen-bond donors (Lipinski definition) is 1. The summed E-state index contributed by atoms with van der Waals surface area (Å²) in [6.07, 6.45) is 1.88. The summed E-state index contributed by atoms with van der Waals surface area (Å²) in [4.78, 5) is 5.62. The Labute approximate surface area is 111 Å². The van der Waals surface area contributed by atoms with Crippen LogP contribution >= 0.6 is 11.3 Å². The smallest absolute Gasteiger partial charge is 0.129 e. The van der Waals surface area contributed by atoms with Crippen molar-refractivity contribution in [2.24, 2.45) is 0 Å². The van der Waals surface area contributed by atoms with E-state index in [1.807, 2.05) is 31.4 Å². The molecule has 0 amide bonds. The van der Waals surface area contributed by atoms with E-state index < -0.39 is 0 Å². The van der Waals surface area contributed by atoms with E-state index in [9.17, 15) is 0 Å². The van der Waals surface area contributed by atoms with Crippen LogP contribution in [-0.4, -0.2) is 26.3 Å². The summed E-state index contributed by atoms with van der Waals surface area (Å²) in [7, 11) is 5.23. The molecule has 0 radical (unpaired) electrons. The predicted octanol–water partition coefficient (Wildman–Crippen LogP) is 2.55. The average Bonchev–Trinajstić information content (AvgIpc) is 2.87. The molecular formula is C13H16N2O2S. The van der Waals surface area contributed by atoms with Gasteiger partial charge in [0.25, 0.3) is 0 Å². The number of hydrogen-bond acceptors (Lipinski definition) is 5. The molecule has 0 saturated heterocycles. The van der Waals surface area contributed by atoms with Crippen molar-refractivity contribution in [2.75, 3.05) is 21.3 Å². The molecule has 4 nitrogen and oxygen atoms in total. The second-order valence-corrected chi connectivity index (χ2v) is 4.84. The molecule has 1 heterocycles. The lowest BCUT2D eigenvalue weighted by Crippen LogP contribution is -2.02. The molecule has 0 aliphatic carbocycles.